The van der Waals surface area contributed by atoms with Gasteiger partial charge in [-0.1, -0.05) is 29.5 Å². The van der Waals surface area contributed by atoms with Crippen molar-refractivity contribution in [2.75, 3.05) is 13.6 Å². The van der Waals surface area contributed by atoms with Gasteiger partial charge < -0.3 is 5.32 Å². The summed E-state index contributed by atoms with van der Waals surface area (Å²) in [5.74, 6) is 6.07. The standard InChI is InChI=1S/C11H13N/c1-10-5-7-11(8-6-10)4-3-9-12-2/h5-8,12H,9H2,1-2H3. The molecule has 0 aliphatic carbocycles. The molecule has 12 heavy (non-hydrogen) atoms. The van der Waals surface area contributed by atoms with Gasteiger partial charge in [0, 0.05) is 5.56 Å². The average molecular weight is 159 g/mol. The molecule has 0 saturated heterocycles. The quantitative estimate of drug-likeness (QED) is 0.613. The van der Waals surface area contributed by atoms with E-state index in [4.69, 9.17) is 0 Å². The summed E-state index contributed by atoms with van der Waals surface area (Å²) in [4.78, 5) is 0. The molecule has 0 atom stereocenters. The predicted octanol–water partition coefficient (Wildman–Crippen LogP) is 1.57. The van der Waals surface area contributed by atoms with Crippen LogP contribution in [0.25, 0.3) is 0 Å². The first kappa shape index (κ1) is 8.83. The van der Waals surface area contributed by atoms with E-state index < -0.39 is 0 Å². The summed E-state index contributed by atoms with van der Waals surface area (Å²) in [5.41, 5.74) is 2.35. The fourth-order valence-electron chi connectivity index (χ4n) is 0.872. The molecule has 1 rings (SSSR count). The Morgan fingerprint density at radius 2 is 1.92 bits per heavy atom. The molecule has 0 saturated carbocycles. The lowest BCUT2D eigenvalue weighted by molar-refractivity contribution is 0.938. The second-order valence-electron chi connectivity index (χ2n) is 2.70. The van der Waals surface area contributed by atoms with Crippen molar-refractivity contribution in [1.29, 1.82) is 0 Å². The van der Waals surface area contributed by atoms with Gasteiger partial charge in [-0.15, -0.1) is 0 Å². The van der Waals surface area contributed by atoms with Gasteiger partial charge in [0.1, 0.15) is 0 Å². The summed E-state index contributed by atoms with van der Waals surface area (Å²) < 4.78 is 0. The van der Waals surface area contributed by atoms with E-state index in [0.29, 0.717) is 0 Å². The summed E-state index contributed by atoms with van der Waals surface area (Å²) in [5, 5.41) is 2.98. The molecule has 0 fully saturated rings. The van der Waals surface area contributed by atoms with E-state index in [1.54, 1.807) is 0 Å². The number of hydrogen-bond donors (Lipinski definition) is 1. The first-order valence-corrected chi connectivity index (χ1v) is 4.03. The van der Waals surface area contributed by atoms with Crippen LogP contribution in [-0.4, -0.2) is 13.6 Å². The molecule has 0 aliphatic rings. The fourth-order valence-corrected chi connectivity index (χ4v) is 0.872. The van der Waals surface area contributed by atoms with Crippen molar-refractivity contribution < 1.29 is 0 Å². The second-order valence-corrected chi connectivity index (χ2v) is 2.70. The molecule has 0 aliphatic heterocycles. The lowest BCUT2D eigenvalue weighted by Gasteiger charge is -1.91. The Hall–Kier alpha value is -1.26. The molecule has 1 N–H and O–H groups in total. The van der Waals surface area contributed by atoms with Crippen LogP contribution in [0.4, 0.5) is 0 Å². The highest BCUT2D eigenvalue weighted by atomic mass is 14.8. The summed E-state index contributed by atoms with van der Waals surface area (Å²) >= 11 is 0. The van der Waals surface area contributed by atoms with Crippen LogP contribution in [0.2, 0.25) is 0 Å². The summed E-state index contributed by atoms with van der Waals surface area (Å²) in [7, 11) is 1.89. The first-order chi connectivity index (χ1) is 5.83. The van der Waals surface area contributed by atoms with Crippen molar-refractivity contribution in [3.05, 3.63) is 35.4 Å². The van der Waals surface area contributed by atoms with Gasteiger partial charge in [-0.25, -0.2) is 0 Å². The van der Waals surface area contributed by atoms with Crippen molar-refractivity contribution in [3.8, 4) is 11.8 Å². The van der Waals surface area contributed by atoms with Crippen molar-refractivity contribution in [3.63, 3.8) is 0 Å². The van der Waals surface area contributed by atoms with Crippen LogP contribution in [0.1, 0.15) is 11.1 Å². The normalized spacial score (nSPS) is 8.83. The molecule has 62 valence electrons. The number of rotatable bonds is 1. The SMILES string of the molecule is CNCC#Cc1ccc(C)cc1. The van der Waals surface area contributed by atoms with E-state index in [0.717, 1.165) is 12.1 Å². The Morgan fingerprint density at radius 3 is 2.50 bits per heavy atom. The van der Waals surface area contributed by atoms with Crippen molar-refractivity contribution in [2.45, 2.75) is 6.92 Å². The fraction of sp³-hybridized carbons (Fsp3) is 0.273. The molecule has 1 aromatic carbocycles. The van der Waals surface area contributed by atoms with E-state index in [-0.39, 0.29) is 0 Å². The molecule has 0 aromatic heterocycles. The topological polar surface area (TPSA) is 12.0 Å². The molecular formula is C11H13N. The van der Waals surface area contributed by atoms with Crippen LogP contribution in [0.5, 0.6) is 0 Å². The third-order valence-corrected chi connectivity index (χ3v) is 1.55. The Kier molecular flexibility index (Phi) is 3.37. The highest BCUT2D eigenvalue weighted by Gasteiger charge is 1.84. The number of hydrogen-bond acceptors (Lipinski definition) is 1. The molecule has 0 radical (unpaired) electrons. The smallest absolute Gasteiger partial charge is 0.0577 e. The minimum Gasteiger partial charge on any atom is -0.309 e. The third-order valence-electron chi connectivity index (χ3n) is 1.55. The molecule has 0 spiro atoms. The molecule has 1 nitrogen and oxygen atoms in total. The van der Waals surface area contributed by atoms with Crippen LogP contribution in [0.15, 0.2) is 24.3 Å². The molecule has 0 unspecified atom stereocenters. The van der Waals surface area contributed by atoms with Crippen LogP contribution in [-0.2, 0) is 0 Å². The minimum absolute atomic E-state index is 0.744. The van der Waals surface area contributed by atoms with Crippen molar-refractivity contribution in [2.24, 2.45) is 0 Å². The highest BCUT2D eigenvalue weighted by Crippen LogP contribution is 2.00. The molecule has 0 bridgehead atoms. The highest BCUT2D eigenvalue weighted by molar-refractivity contribution is 5.35. The van der Waals surface area contributed by atoms with Gasteiger partial charge in [-0.3, -0.25) is 0 Å². The lowest BCUT2D eigenvalue weighted by Crippen LogP contribution is -2.04. The zero-order valence-corrected chi connectivity index (χ0v) is 7.52. The first-order valence-electron chi connectivity index (χ1n) is 4.03. The van der Waals surface area contributed by atoms with Gasteiger partial charge in [-0.2, -0.15) is 0 Å². The van der Waals surface area contributed by atoms with Crippen LogP contribution < -0.4 is 5.32 Å². The van der Waals surface area contributed by atoms with Crippen molar-refractivity contribution in [1.82, 2.24) is 5.32 Å². The molecule has 1 aromatic rings. The minimum atomic E-state index is 0.744. The Labute approximate surface area is 73.8 Å². The second kappa shape index (κ2) is 4.58. The van der Waals surface area contributed by atoms with E-state index >= 15 is 0 Å². The molecular weight excluding hydrogens is 146 g/mol. The largest absolute Gasteiger partial charge is 0.309 e. The third kappa shape index (κ3) is 2.77. The van der Waals surface area contributed by atoms with Crippen LogP contribution >= 0.6 is 0 Å². The number of benzene rings is 1. The maximum Gasteiger partial charge on any atom is 0.0577 e. The Bertz CT molecular complexity index is 287. The van der Waals surface area contributed by atoms with E-state index in [1.165, 1.54) is 5.56 Å². The van der Waals surface area contributed by atoms with Gasteiger partial charge in [-0.05, 0) is 26.1 Å². The van der Waals surface area contributed by atoms with Crippen LogP contribution in [0.3, 0.4) is 0 Å². The van der Waals surface area contributed by atoms with Gasteiger partial charge in [0.25, 0.3) is 0 Å². The van der Waals surface area contributed by atoms with E-state index in [2.05, 4.69) is 36.2 Å². The molecule has 0 heterocycles. The van der Waals surface area contributed by atoms with Gasteiger partial charge >= 0.3 is 0 Å². The lowest BCUT2D eigenvalue weighted by atomic mass is 10.2. The maximum absolute atomic E-state index is 3.06. The van der Waals surface area contributed by atoms with Crippen molar-refractivity contribution >= 4 is 0 Å². The van der Waals surface area contributed by atoms with Crippen LogP contribution in [0, 0.1) is 18.8 Å². The molecule has 0 amide bonds. The number of nitrogens with one attached hydrogen (secondary N) is 1. The number of aryl methyl sites for hydroxylation is 1. The Morgan fingerprint density at radius 1 is 1.25 bits per heavy atom. The zero-order chi connectivity index (χ0) is 8.81. The van der Waals surface area contributed by atoms with Gasteiger partial charge in [0.05, 0.1) is 6.54 Å². The van der Waals surface area contributed by atoms with Gasteiger partial charge in [0.2, 0.25) is 0 Å². The van der Waals surface area contributed by atoms with Gasteiger partial charge in [0.15, 0.2) is 0 Å². The average Bonchev–Trinajstić information content (AvgIpc) is 2.09. The molecule has 1 heteroatoms. The Balaban J connectivity index is 2.66. The predicted molar refractivity (Wildman–Crippen MR) is 52.0 cm³/mol. The monoisotopic (exact) mass is 159 g/mol. The zero-order valence-electron chi connectivity index (χ0n) is 7.52. The van der Waals surface area contributed by atoms with E-state index in [9.17, 15) is 0 Å². The maximum atomic E-state index is 3.06. The summed E-state index contributed by atoms with van der Waals surface area (Å²) in [6.45, 7) is 2.82. The summed E-state index contributed by atoms with van der Waals surface area (Å²) in [6, 6.07) is 8.22. The van der Waals surface area contributed by atoms with E-state index in [1.807, 2.05) is 19.2 Å². The summed E-state index contributed by atoms with van der Waals surface area (Å²) in [6.07, 6.45) is 0.